The molecule has 2 saturated heterocycles. The number of nitrogens with zero attached hydrogens (tertiary/aromatic N) is 2. The number of likely N-dealkylation sites (tertiary alicyclic amines) is 1. The van der Waals surface area contributed by atoms with Crippen molar-refractivity contribution in [3.05, 3.63) is 16.1 Å². The lowest BCUT2D eigenvalue weighted by molar-refractivity contribution is -0.145. The van der Waals surface area contributed by atoms with Gasteiger partial charge in [0.05, 0.1) is 11.6 Å². The third kappa shape index (κ3) is 2.46. The maximum atomic E-state index is 12.7. The molecular weight excluding hydrogens is 288 g/mol. The van der Waals surface area contributed by atoms with Crippen molar-refractivity contribution < 1.29 is 14.3 Å². The van der Waals surface area contributed by atoms with Crippen LogP contribution in [-0.4, -0.2) is 40.5 Å². The highest BCUT2D eigenvalue weighted by Crippen LogP contribution is 2.38. The zero-order chi connectivity index (χ0) is 15.0. The van der Waals surface area contributed by atoms with Gasteiger partial charge in [0.15, 0.2) is 0 Å². The van der Waals surface area contributed by atoms with E-state index >= 15 is 0 Å². The predicted molar refractivity (Wildman–Crippen MR) is 79.2 cm³/mol. The molecule has 3 heterocycles. The number of ether oxygens (including phenoxy) is 1. The molecule has 1 aromatic rings. The highest BCUT2D eigenvalue weighted by molar-refractivity contribution is 7.09. The molecule has 6 heteroatoms. The smallest absolute Gasteiger partial charge is 0.332 e. The number of aromatic nitrogens is 1. The summed E-state index contributed by atoms with van der Waals surface area (Å²) >= 11 is 1.52. The number of carbonyl (C=O) groups is 2. The lowest BCUT2D eigenvalue weighted by Gasteiger charge is -2.30. The topological polar surface area (TPSA) is 59.5 Å². The van der Waals surface area contributed by atoms with Crippen molar-refractivity contribution in [3.63, 3.8) is 0 Å². The van der Waals surface area contributed by atoms with Crippen LogP contribution in [0.25, 0.3) is 0 Å². The first-order valence-electron chi connectivity index (χ1n) is 7.46. The number of amides is 1. The average Bonchev–Trinajstić information content (AvgIpc) is 3.12. The first-order valence-corrected chi connectivity index (χ1v) is 8.34. The molecular formula is C15H20N2O3S. The Balaban J connectivity index is 1.81. The van der Waals surface area contributed by atoms with Gasteiger partial charge in [0, 0.05) is 24.8 Å². The van der Waals surface area contributed by atoms with Gasteiger partial charge in [0.1, 0.15) is 11.2 Å². The summed E-state index contributed by atoms with van der Waals surface area (Å²) in [6.07, 6.45) is 3.05. The summed E-state index contributed by atoms with van der Waals surface area (Å²) in [6, 6.07) is 0. The zero-order valence-electron chi connectivity index (χ0n) is 12.4. The monoisotopic (exact) mass is 308 g/mol. The lowest BCUT2D eigenvalue weighted by atomic mass is 9.94. The molecule has 0 N–H and O–H groups in total. The molecule has 0 radical (unpaired) electrons. The molecule has 1 aromatic heterocycles. The number of hydrogen-bond donors (Lipinski definition) is 0. The second-order valence-electron chi connectivity index (χ2n) is 6.20. The molecule has 2 aliphatic rings. The van der Waals surface area contributed by atoms with Crippen LogP contribution < -0.4 is 0 Å². The van der Waals surface area contributed by atoms with E-state index in [-0.39, 0.29) is 11.9 Å². The fourth-order valence-electron chi connectivity index (χ4n) is 3.19. The van der Waals surface area contributed by atoms with Crippen molar-refractivity contribution in [1.82, 2.24) is 9.88 Å². The molecule has 0 aliphatic carbocycles. The van der Waals surface area contributed by atoms with Crippen LogP contribution >= 0.6 is 11.3 Å². The van der Waals surface area contributed by atoms with Gasteiger partial charge < -0.3 is 9.64 Å². The number of hydrogen-bond acceptors (Lipinski definition) is 5. The molecule has 2 aliphatic heterocycles. The summed E-state index contributed by atoms with van der Waals surface area (Å²) in [5.41, 5.74) is -0.254. The van der Waals surface area contributed by atoms with E-state index in [1.807, 2.05) is 5.38 Å². The van der Waals surface area contributed by atoms with Gasteiger partial charge in [-0.2, -0.15) is 0 Å². The normalized spacial score (nSPS) is 25.1. The molecule has 5 nitrogen and oxygen atoms in total. The maximum Gasteiger partial charge on any atom is 0.332 e. The lowest BCUT2D eigenvalue weighted by Crippen LogP contribution is -2.50. The van der Waals surface area contributed by atoms with Crippen LogP contribution in [0.1, 0.15) is 48.6 Å². The van der Waals surface area contributed by atoms with E-state index in [1.165, 1.54) is 11.3 Å². The SMILES string of the molecule is CC(C)Cc1nc(C(=O)N2CCC[C@@]23CCOC3=O)cs1. The van der Waals surface area contributed by atoms with Gasteiger partial charge in [-0.15, -0.1) is 11.3 Å². The largest absolute Gasteiger partial charge is 0.464 e. The van der Waals surface area contributed by atoms with Gasteiger partial charge in [-0.25, -0.2) is 9.78 Å². The van der Waals surface area contributed by atoms with E-state index in [9.17, 15) is 9.59 Å². The van der Waals surface area contributed by atoms with Crippen LogP contribution in [0.4, 0.5) is 0 Å². The molecule has 1 amide bonds. The Morgan fingerprint density at radius 2 is 2.33 bits per heavy atom. The summed E-state index contributed by atoms with van der Waals surface area (Å²) in [5.74, 6) is 0.144. The summed E-state index contributed by atoms with van der Waals surface area (Å²) in [6.45, 7) is 5.29. The van der Waals surface area contributed by atoms with Crippen molar-refractivity contribution in [2.75, 3.05) is 13.2 Å². The fraction of sp³-hybridized carbons (Fsp3) is 0.667. The highest BCUT2D eigenvalue weighted by Gasteiger charge is 2.54. The highest BCUT2D eigenvalue weighted by atomic mass is 32.1. The molecule has 1 atom stereocenters. The Morgan fingerprint density at radius 1 is 1.52 bits per heavy atom. The molecule has 114 valence electrons. The van der Waals surface area contributed by atoms with E-state index in [2.05, 4.69) is 18.8 Å². The molecule has 0 bridgehead atoms. The first kappa shape index (κ1) is 14.5. The summed E-state index contributed by atoms with van der Waals surface area (Å²) < 4.78 is 5.11. The van der Waals surface area contributed by atoms with E-state index in [1.54, 1.807) is 4.90 Å². The Hall–Kier alpha value is -1.43. The maximum absolute atomic E-state index is 12.7. The Morgan fingerprint density at radius 3 is 3.00 bits per heavy atom. The number of cyclic esters (lactones) is 1. The van der Waals surface area contributed by atoms with Crippen molar-refractivity contribution >= 4 is 23.2 Å². The molecule has 21 heavy (non-hydrogen) atoms. The van der Waals surface area contributed by atoms with Crippen LogP contribution in [0, 0.1) is 5.92 Å². The van der Waals surface area contributed by atoms with Gasteiger partial charge in [-0.1, -0.05) is 13.8 Å². The van der Waals surface area contributed by atoms with Gasteiger partial charge in [-0.05, 0) is 18.8 Å². The fourth-order valence-corrected chi connectivity index (χ4v) is 4.17. The number of thiazole rings is 1. The standard InChI is InChI=1S/C15H20N2O3S/c1-10(2)8-12-16-11(9-21-12)13(18)17-6-3-4-15(17)5-7-20-14(15)19/h9-10H,3-8H2,1-2H3/t15-/m0/s1. The molecule has 0 unspecified atom stereocenters. The van der Waals surface area contributed by atoms with E-state index in [0.29, 0.717) is 37.6 Å². The summed E-state index contributed by atoms with van der Waals surface area (Å²) in [7, 11) is 0. The Kier molecular flexibility index (Phi) is 3.73. The Labute approximate surface area is 128 Å². The van der Waals surface area contributed by atoms with Crippen molar-refractivity contribution in [3.8, 4) is 0 Å². The van der Waals surface area contributed by atoms with Crippen LogP contribution in [-0.2, 0) is 16.0 Å². The molecule has 3 rings (SSSR count). The van der Waals surface area contributed by atoms with Gasteiger partial charge in [-0.3, -0.25) is 4.79 Å². The van der Waals surface area contributed by atoms with Crippen LogP contribution in [0.15, 0.2) is 5.38 Å². The predicted octanol–water partition coefficient (Wildman–Crippen LogP) is 2.26. The number of esters is 1. The second kappa shape index (κ2) is 5.40. The van der Waals surface area contributed by atoms with Crippen LogP contribution in [0.3, 0.4) is 0 Å². The minimum Gasteiger partial charge on any atom is -0.464 e. The van der Waals surface area contributed by atoms with Gasteiger partial charge in [0.25, 0.3) is 5.91 Å². The summed E-state index contributed by atoms with van der Waals surface area (Å²) in [4.78, 5) is 30.9. The van der Waals surface area contributed by atoms with Crippen LogP contribution in [0.2, 0.25) is 0 Å². The molecule has 0 aromatic carbocycles. The molecule has 0 saturated carbocycles. The third-order valence-electron chi connectivity index (χ3n) is 4.22. The minimum atomic E-state index is -0.723. The first-order chi connectivity index (χ1) is 10.0. The summed E-state index contributed by atoms with van der Waals surface area (Å²) in [5, 5.41) is 2.79. The van der Waals surface area contributed by atoms with E-state index < -0.39 is 5.54 Å². The van der Waals surface area contributed by atoms with Gasteiger partial charge in [0.2, 0.25) is 0 Å². The number of carbonyl (C=O) groups excluding carboxylic acids is 2. The van der Waals surface area contributed by atoms with E-state index in [0.717, 1.165) is 17.8 Å². The van der Waals surface area contributed by atoms with E-state index in [4.69, 9.17) is 4.74 Å². The average molecular weight is 308 g/mol. The van der Waals surface area contributed by atoms with Crippen molar-refractivity contribution in [2.45, 2.75) is 45.1 Å². The Bertz CT molecular complexity index is 565. The molecule has 2 fully saturated rings. The van der Waals surface area contributed by atoms with Crippen molar-refractivity contribution in [2.24, 2.45) is 5.92 Å². The second-order valence-corrected chi connectivity index (χ2v) is 7.14. The quantitative estimate of drug-likeness (QED) is 0.804. The number of rotatable bonds is 3. The third-order valence-corrected chi connectivity index (χ3v) is 5.09. The van der Waals surface area contributed by atoms with Gasteiger partial charge >= 0.3 is 5.97 Å². The molecule has 1 spiro atoms. The minimum absolute atomic E-state index is 0.127. The van der Waals surface area contributed by atoms with Crippen molar-refractivity contribution in [1.29, 1.82) is 0 Å². The van der Waals surface area contributed by atoms with Crippen LogP contribution in [0.5, 0.6) is 0 Å². The zero-order valence-corrected chi connectivity index (χ0v) is 13.2.